The fraction of sp³-hybridized carbons (Fsp3) is 0.941. The Balaban J connectivity index is 2.07. The van der Waals surface area contributed by atoms with Crippen LogP contribution in [0.15, 0.2) is 0 Å². The van der Waals surface area contributed by atoms with Crippen molar-refractivity contribution in [3.8, 4) is 0 Å². The van der Waals surface area contributed by atoms with E-state index in [1.165, 1.54) is 38.5 Å². The Bertz CT molecular complexity index is 298. The molecule has 0 aliphatic carbocycles. The third-order valence-corrected chi connectivity index (χ3v) is 4.36. The molecule has 0 amide bonds. The summed E-state index contributed by atoms with van der Waals surface area (Å²) in [4.78, 5) is 13.0. The van der Waals surface area contributed by atoms with Crippen molar-refractivity contribution in [2.45, 2.75) is 76.9 Å². The summed E-state index contributed by atoms with van der Waals surface area (Å²) in [6, 6.07) is -0.609. The van der Waals surface area contributed by atoms with E-state index in [4.69, 9.17) is 9.84 Å². The van der Waals surface area contributed by atoms with Gasteiger partial charge in [-0.3, -0.25) is 9.69 Å². The van der Waals surface area contributed by atoms with Crippen molar-refractivity contribution in [3.63, 3.8) is 0 Å². The number of aliphatic hydroxyl groups excluding tert-OH is 1. The Morgan fingerprint density at radius 2 is 1.82 bits per heavy atom. The number of carboxylic acid groups (broad SMARTS) is 1. The highest BCUT2D eigenvalue weighted by Gasteiger charge is 2.30. The van der Waals surface area contributed by atoms with E-state index in [0.29, 0.717) is 19.7 Å². The molecule has 0 aromatic carbocycles. The second-order valence-electron chi connectivity index (χ2n) is 6.34. The predicted octanol–water partition coefficient (Wildman–Crippen LogP) is 2.66. The summed E-state index contributed by atoms with van der Waals surface area (Å²) in [5.74, 6) is -0.862. The van der Waals surface area contributed by atoms with Gasteiger partial charge >= 0.3 is 5.97 Å². The minimum absolute atomic E-state index is 0.222. The Morgan fingerprint density at radius 3 is 2.45 bits per heavy atom. The van der Waals surface area contributed by atoms with Crippen molar-refractivity contribution in [1.82, 2.24) is 4.90 Å². The van der Waals surface area contributed by atoms with Gasteiger partial charge in [0.05, 0.1) is 19.3 Å². The molecule has 1 aliphatic heterocycles. The molecule has 0 bridgehead atoms. The molecule has 0 aromatic rings. The van der Waals surface area contributed by atoms with Crippen molar-refractivity contribution in [2.24, 2.45) is 0 Å². The van der Waals surface area contributed by atoms with Crippen LogP contribution in [0.5, 0.6) is 0 Å². The molecule has 5 heteroatoms. The number of carbonyl (C=O) groups is 1. The molecule has 1 saturated heterocycles. The van der Waals surface area contributed by atoms with Gasteiger partial charge in [-0.15, -0.1) is 0 Å². The van der Waals surface area contributed by atoms with Crippen molar-refractivity contribution in [1.29, 1.82) is 0 Å². The van der Waals surface area contributed by atoms with E-state index in [-0.39, 0.29) is 6.61 Å². The van der Waals surface area contributed by atoms with Crippen LogP contribution in [0.1, 0.15) is 64.7 Å². The first-order chi connectivity index (χ1) is 10.6. The zero-order chi connectivity index (χ0) is 16.2. The predicted molar refractivity (Wildman–Crippen MR) is 87.0 cm³/mol. The van der Waals surface area contributed by atoms with Gasteiger partial charge < -0.3 is 14.9 Å². The Labute approximate surface area is 134 Å². The smallest absolute Gasteiger partial charge is 0.323 e. The zero-order valence-electron chi connectivity index (χ0n) is 14.0. The van der Waals surface area contributed by atoms with E-state index < -0.39 is 18.1 Å². The molecule has 1 fully saturated rings. The summed E-state index contributed by atoms with van der Waals surface area (Å²) in [5.41, 5.74) is 0. The first-order valence-corrected chi connectivity index (χ1v) is 8.87. The van der Waals surface area contributed by atoms with Gasteiger partial charge in [-0.25, -0.2) is 0 Å². The summed E-state index contributed by atoms with van der Waals surface area (Å²) in [7, 11) is 0. The number of unbranched alkanes of at least 4 members (excludes halogenated alkanes) is 7. The standard InChI is InChI=1S/C17H33NO4/c1-2-3-4-5-6-7-8-9-10-15(19)13-18-11-12-22-14-16(18)17(20)21/h15-16,19H,2-14H2,1H3,(H,20,21)/t15?,16-/m0/s1. The van der Waals surface area contributed by atoms with Gasteiger partial charge in [0.2, 0.25) is 0 Å². The Morgan fingerprint density at radius 1 is 1.18 bits per heavy atom. The van der Waals surface area contributed by atoms with Crippen LogP contribution in [-0.4, -0.2) is 59.5 Å². The van der Waals surface area contributed by atoms with E-state index in [2.05, 4.69) is 6.92 Å². The van der Waals surface area contributed by atoms with Crippen molar-refractivity contribution in [3.05, 3.63) is 0 Å². The van der Waals surface area contributed by atoms with E-state index >= 15 is 0 Å². The molecule has 1 aliphatic rings. The second kappa shape index (κ2) is 11.9. The number of β-amino-alcohol motifs (C(OH)–C–C–N with tert-alkyl or cyclic N) is 1. The first-order valence-electron chi connectivity index (χ1n) is 8.87. The third-order valence-electron chi connectivity index (χ3n) is 4.36. The third kappa shape index (κ3) is 8.11. The lowest BCUT2D eigenvalue weighted by Gasteiger charge is -2.34. The lowest BCUT2D eigenvalue weighted by Crippen LogP contribution is -2.52. The number of aliphatic hydroxyl groups is 1. The molecule has 0 saturated carbocycles. The fourth-order valence-corrected chi connectivity index (χ4v) is 2.96. The number of carboxylic acids is 1. The van der Waals surface area contributed by atoms with E-state index in [1.54, 1.807) is 0 Å². The topological polar surface area (TPSA) is 70.0 Å². The first kappa shape index (κ1) is 19.4. The van der Waals surface area contributed by atoms with E-state index in [0.717, 1.165) is 19.3 Å². The Kier molecular flexibility index (Phi) is 10.5. The number of nitrogens with zero attached hydrogens (tertiary/aromatic N) is 1. The van der Waals surface area contributed by atoms with E-state index in [1.807, 2.05) is 4.90 Å². The number of hydrogen-bond acceptors (Lipinski definition) is 4. The van der Waals surface area contributed by atoms with Crippen LogP contribution in [0.25, 0.3) is 0 Å². The van der Waals surface area contributed by atoms with Crippen LogP contribution >= 0.6 is 0 Å². The highest BCUT2D eigenvalue weighted by molar-refractivity contribution is 5.73. The molecule has 1 unspecified atom stereocenters. The fourth-order valence-electron chi connectivity index (χ4n) is 2.96. The van der Waals surface area contributed by atoms with Crippen molar-refractivity contribution in [2.75, 3.05) is 26.3 Å². The van der Waals surface area contributed by atoms with E-state index in [9.17, 15) is 9.90 Å². The Hall–Kier alpha value is -0.650. The van der Waals surface area contributed by atoms with Crippen LogP contribution in [0, 0.1) is 0 Å². The minimum atomic E-state index is -0.862. The van der Waals surface area contributed by atoms with Crippen LogP contribution in [0.4, 0.5) is 0 Å². The highest BCUT2D eigenvalue weighted by Crippen LogP contribution is 2.13. The maximum Gasteiger partial charge on any atom is 0.323 e. The van der Waals surface area contributed by atoms with Crippen molar-refractivity contribution >= 4 is 5.97 Å². The summed E-state index contributed by atoms with van der Waals surface area (Å²) in [5, 5.41) is 19.3. The SMILES string of the molecule is CCCCCCCCCCC(O)CN1CCOC[C@H]1C(=O)O. The molecular weight excluding hydrogens is 282 g/mol. The van der Waals surface area contributed by atoms with Gasteiger partial charge in [0, 0.05) is 13.1 Å². The average molecular weight is 315 g/mol. The molecule has 22 heavy (non-hydrogen) atoms. The normalized spacial score (nSPS) is 20.9. The van der Waals surface area contributed by atoms with Gasteiger partial charge in [-0.2, -0.15) is 0 Å². The molecule has 0 aromatic heterocycles. The molecule has 2 atom stereocenters. The van der Waals surface area contributed by atoms with Crippen molar-refractivity contribution < 1.29 is 19.7 Å². The molecule has 5 nitrogen and oxygen atoms in total. The zero-order valence-corrected chi connectivity index (χ0v) is 14.0. The van der Waals surface area contributed by atoms with Gasteiger partial charge in [-0.1, -0.05) is 58.3 Å². The summed E-state index contributed by atoms with van der Waals surface area (Å²) < 4.78 is 5.20. The quantitative estimate of drug-likeness (QED) is 0.542. The second-order valence-corrected chi connectivity index (χ2v) is 6.34. The lowest BCUT2D eigenvalue weighted by molar-refractivity contribution is -0.150. The molecule has 2 N–H and O–H groups in total. The van der Waals surface area contributed by atoms with Crippen LogP contribution in [-0.2, 0) is 9.53 Å². The molecular formula is C17H33NO4. The summed E-state index contributed by atoms with van der Waals surface area (Å²) in [6.45, 7) is 4.03. The number of ether oxygens (including phenoxy) is 1. The molecule has 1 heterocycles. The summed E-state index contributed by atoms with van der Waals surface area (Å²) in [6.07, 6.45) is 10.3. The largest absolute Gasteiger partial charge is 0.480 e. The van der Waals surface area contributed by atoms with Gasteiger partial charge in [0.1, 0.15) is 6.04 Å². The molecule has 0 radical (unpaired) electrons. The molecule has 0 spiro atoms. The minimum Gasteiger partial charge on any atom is -0.480 e. The number of hydrogen-bond donors (Lipinski definition) is 2. The number of aliphatic carboxylic acids is 1. The maximum absolute atomic E-state index is 11.2. The average Bonchev–Trinajstić information content (AvgIpc) is 2.50. The van der Waals surface area contributed by atoms with Crippen LogP contribution < -0.4 is 0 Å². The van der Waals surface area contributed by atoms with Crippen LogP contribution in [0.2, 0.25) is 0 Å². The maximum atomic E-state index is 11.2. The number of morpholine rings is 1. The summed E-state index contributed by atoms with van der Waals surface area (Å²) >= 11 is 0. The number of rotatable bonds is 12. The van der Waals surface area contributed by atoms with Gasteiger partial charge in [-0.05, 0) is 6.42 Å². The highest BCUT2D eigenvalue weighted by atomic mass is 16.5. The van der Waals surface area contributed by atoms with Gasteiger partial charge in [0.25, 0.3) is 0 Å². The van der Waals surface area contributed by atoms with Gasteiger partial charge in [0.15, 0.2) is 0 Å². The lowest BCUT2D eigenvalue weighted by atomic mass is 10.0. The molecule has 130 valence electrons. The van der Waals surface area contributed by atoms with Crippen LogP contribution in [0.3, 0.4) is 0 Å². The monoisotopic (exact) mass is 315 g/mol. The molecule has 1 rings (SSSR count).